The van der Waals surface area contributed by atoms with Crippen LogP contribution in [0.5, 0.6) is 0 Å². The number of primary amides is 1. The molecule has 0 fully saturated rings. The third-order valence-electron chi connectivity index (χ3n) is 2.82. The number of carbonyl (C=O) groups excluding carboxylic acids is 1. The molecule has 1 aromatic carbocycles. The lowest BCUT2D eigenvalue weighted by molar-refractivity contribution is -0.124. The second-order valence-electron chi connectivity index (χ2n) is 4.34. The van der Waals surface area contributed by atoms with Gasteiger partial charge in [-0.15, -0.1) is 0 Å². The molecule has 90 valence electrons. The van der Waals surface area contributed by atoms with Crippen molar-refractivity contribution in [3.8, 4) is 0 Å². The van der Waals surface area contributed by atoms with E-state index in [1.54, 1.807) is 19.9 Å². The van der Waals surface area contributed by atoms with Crippen molar-refractivity contribution >= 4 is 22.9 Å². The van der Waals surface area contributed by atoms with E-state index in [-0.39, 0.29) is 11.5 Å². The molecule has 5 nitrogen and oxygen atoms in total. The Morgan fingerprint density at radius 1 is 1.47 bits per heavy atom. The number of nitrogen functional groups attached to an aromatic ring is 1. The number of anilines is 1. The number of carbonyl (C=O) groups is 1. The first-order valence-electron chi connectivity index (χ1n) is 5.08. The number of hydrogen-bond acceptors (Lipinski definition) is 3. The van der Waals surface area contributed by atoms with Crippen molar-refractivity contribution in [2.75, 3.05) is 5.73 Å². The molecule has 0 bridgehead atoms. The molecule has 1 heterocycles. The molecule has 0 radical (unpaired) electrons. The van der Waals surface area contributed by atoms with Gasteiger partial charge in [-0.1, -0.05) is 6.07 Å². The van der Waals surface area contributed by atoms with Crippen LogP contribution in [-0.4, -0.2) is 15.5 Å². The maximum absolute atomic E-state index is 13.5. The molecule has 0 aliphatic carbocycles. The van der Waals surface area contributed by atoms with E-state index in [0.29, 0.717) is 5.52 Å². The highest BCUT2D eigenvalue weighted by molar-refractivity contribution is 5.87. The summed E-state index contributed by atoms with van der Waals surface area (Å²) in [5.41, 5.74) is 10.6. The van der Waals surface area contributed by atoms with E-state index in [1.807, 2.05) is 0 Å². The van der Waals surface area contributed by atoms with Gasteiger partial charge in [-0.05, 0) is 26.0 Å². The number of amides is 1. The fraction of sp³-hybridized carbons (Fsp3) is 0.273. The van der Waals surface area contributed by atoms with Crippen LogP contribution in [0.1, 0.15) is 13.8 Å². The van der Waals surface area contributed by atoms with Crippen LogP contribution in [0, 0.1) is 5.82 Å². The summed E-state index contributed by atoms with van der Waals surface area (Å²) in [5, 5.41) is 0. The van der Waals surface area contributed by atoms with Gasteiger partial charge in [0.05, 0.1) is 5.52 Å². The summed E-state index contributed by atoms with van der Waals surface area (Å²) in [6.45, 7) is 3.22. The molecule has 2 aromatic rings. The number of imidazole rings is 1. The van der Waals surface area contributed by atoms with E-state index < -0.39 is 17.3 Å². The predicted octanol–water partition coefficient (Wildman–Crippen LogP) is 0.978. The number of halogens is 1. The van der Waals surface area contributed by atoms with Crippen LogP contribution in [-0.2, 0) is 10.3 Å². The zero-order valence-electron chi connectivity index (χ0n) is 9.57. The molecule has 1 amide bonds. The van der Waals surface area contributed by atoms with Crippen LogP contribution in [0.15, 0.2) is 18.2 Å². The molecule has 0 spiro atoms. The first-order chi connectivity index (χ1) is 7.85. The Labute approximate surface area is 97.2 Å². The summed E-state index contributed by atoms with van der Waals surface area (Å²) in [5.74, 6) is -0.977. The maximum atomic E-state index is 13.5. The van der Waals surface area contributed by atoms with Gasteiger partial charge < -0.3 is 11.5 Å². The predicted molar refractivity (Wildman–Crippen MR) is 62.6 cm³/mol. The number of nitrogens with two attached hydrogens (primary N) is 2. The number of aromatic nitrogens is 2. The number of nitrogens with zero attached hydrogens (tertiary/aromatic N) is 2. The number of rotatable bonds is 2. The van der Waals surface area contributed by atoms with E-state index >= 15 is 0 Å². The van der Waals surface area contributed by atoms with Crippen LogP contribution in [0.2, 0.25) is 0 Å². The van der Waals surface area contributed by atoms with Crippen LogP contribution in [0.25, 0.3) is 11.0 Å². The van der Waals surface area contributed by atoms with Gasteiger partial charge in [0.2, 0.25) is 11.9 Å². The first-order valence-corrected chi connectivity index (χ1v) is 5.08. The Morgan fingerprint density at radius 2 is 2.12 bits per heavy atom. The van der Waals surface area contributed by atoms with Gasteiger partial charge >= 0.3 is 0 Å². The zero-order chi connectivity index (χ0) is 12.8. The van der Waals surface area contributed by atoms with E-state index in [0.717, 1.165) is 0 Å². The molecule has 17 heavy (non-hydrogen) atoms. The van der Waals surface area contributed by atoms with Gasteiger partial charge in [0, 0.05) is 0 Å². The Balaban J connectivity index is 2.83. The summed E-state index contributed by atoms with van der Waals surface area (Å²) >= 11 is 0. The quantitative estimate of drug-likeness (QED) is 0.814. The lowest BCUT2D eigenvalue weighted by atomic mass is 10.0. The number of fused-ring (bicyclic) bond motifs is 1. The molecular weight excluding hydrogens is 223 g/mol. The van der Waals surface area contributed by atoms with Crippen molar-refractivity contribution in [1.82, 2.24) is 9.55 Å². The average Bonchev–Trinajstić information content (AvgIpc) is 2.56. The Kier molecular flexibility index (Phi) is 2.30. The van der Waals surface area contributed by atoms with Crippen LogP contribution in [0.3, 0.4) is 0 Å². The molecule has 0 saturated carbocycles. The van der Waals surface area contributed by atoms with Gasteiger partial charge in [0.15, 0.2) is 5.82 Å². The van der Waals surface area contributed by atoms with Crippen molar-refractivity contribution in [3.63, 3.8) is 0 Å². The van der Waals surface area contributed by atoms with E-state index in [1.165, 1.54) is 16.7 Å². The summed E-state index contributed by atoms with van der Waals surface area (Å²) in [6, 6.07) is 4.47. The number of para-hydroxylation sites is 1. The minimum absolute atomic E-state index is 0.0638. The monoisotopic (exact) mass is 236 g/mol. The summed E-state index contributed by atoms with van der Waals surface area (Å²) in [7, 11) is 0. The lowest BCUT2D eigenvalue weighted by Gasteiger charge is -2.24. The molecule has 0 saturated heterocycles. The fourth-order valence-corrected chi connectivity index (χ4v) is 1.78. The smallest absolute Gasteiger partial charge is 0.243 e. The standard InChI is InChI=1S/C11H13FN4O/c1-11(2,9(13)17)16-7-5-3-4-6(12)8(7)15-10(16)14/h3-5H,1-2H3,(H2,13,17)(H2,14,15). The molecule has 0 aliphatic rings. The SMILES string of the molecule is CC(C)(C(N)=O)n1c(N)nc2c(F)cccc21. The normalized spacial score (nSPS) is 11.9. The highest BCUT2D eigenvalue weighted by atomic mass is 19.1. The minimum atomic E-state index is -1.06. The first kappa shape index (κ1) is 11.4. The Hall–Kier alpha value is -2.11. The topological polar surface area (TPSA) is 86.9 Å². The summed E-state index contributed by atoms with van der Waals surface area (Å²) in [6.07, 6.45) is 0. The van der Waals surface area contributed by atoms with E-state index in [2.05, 4.69) is 4.98 Å². The molecule has 1 aromatic heterocycles. The maximum Gasteiger partial charge on any atom is 0.243 e. The highest BCUT2D eigenvalue weighted by Gasteiger charge is 2.31. The van der Waals surface area contributed by atoms with Crippen LogP contribution < -0.4 is 11.5 Å². The van der Waals surface area contributed by atoms with Crippen molar-refractivity contribution in [2.24, 2.45) is 5.73 Å². The highest BCUT2D eigenvalue weighted by Crippen LogP contribution is 2.27. The number of benzene rings is 1. The number of hydrogen-bond donors (Lipinski definition) is 2. The average molecular weight is 236 g/mol. The van der Waals surface area contributed by atoms with Gasteiger partial charge in [-0.3, -0.25) is 9.36 Å². The molecule has 0 aliphatic heterocycles. The zero-order valence-corrected chi connectivity index (χ0v) is 9.57. The van der Waals surface area contributed by atoms with E-state index in [9.17, 15) is 9.18 Å². The van der Waals surface area contributed by atoms with Crippen molar-refractivity contribution < 1.29 is 9.18 Å². The molecule has 0 atom stereocenters. The second-order valence-corrected chi connectivity index (χ2v) is 4.34. The largest absolute Gasteiger partial charge is 0.369 e. The van der Waals surface area contributed by atoms with Crippen LogP contribution in [0.4, 0.5) is 10.3 Å². The van der Waals surface area contributed by atoms with Gasteiger partial charge in [-0.2, -0.15) is 0 Å². The van der Waals surface area contributed by atoms with Crippen molar-refractivity contribution in [1.29, 1.82) is 0 Å². The van der Waals surface area contributed by atoms with Gasteiger partial charge in [0.25, 0.3) is 0 Å². The molecule has 6 heteroatoms. The van der Waals surface area contributed by atoms with Crippen molar-refractivity contribution in [2.45, 2.75) is 19.4 Å². The van der Waals surface area contributed by atoms with Crippen molar-refractivity contribution in [3.05, 3.63) is 24.0 Å². The molecule has 0 unspecified atom stereocenters. The lowest BCUT2D eigenvalue weighted by Crippen LogP contribution is -2.41. The van der Waals surface area contributed by atoms with E-state index in [4.69, 9.17) is 11.5 Å². The Bertz CT molecular complexity index is 603. The molecule has 4 N–H and O–H groups in total. The van der Waals surface area contributed by atoms with Gasteiger partial charge in [-0.25, -0.2) is 9.37 Å². The van der Waals surface area contributed by atoms with Gasteiger partial charge in [0.1, 0.15) is 11.1 Å². The van der Waals surface area contributed by atoms with Crippen LogP contribution >= 0.6 is 0 Å². The Morgan fingerprint density at radius 3 is 2.71 bits per heavy atom. The molecular formula is C11H13FN4O. The summed E-state index contributed by atoms with van der Waals surface area (Å²) < 4.78 is 15.0. The third kappa shape index (κ3) is 1.52. The fourth-order valence-electron chi connectivity index (χ4n) is 1.78. The second kappa shape index (κ2) is 3.44. The summed E-state index contributed by atoms with van der Waals surface area (Å²) in [4.78, 5) is 15.3. The minimum Gasteiger partial charge on any atom is -0.369 e. The molecule has 2 rings (SSSR count). The third-order valence-corrected chi connectivity index (χ3v) is 2.82.